The minimum atomic E-state index is -3.28. The second-order valence-electron chi connectivity index (χ2n) is 3.69. The van der Waals surface area contributed by atoms with Gasteiger partial charge in [-0.15, -0.1) is 0 Å². The Kier molecular flexibility index (Phi) is 5.17. The van der Waals surface area contributed by atoms with Crippen molar-refractivity contribution >= 4 is 10.0 Å². The molecular weight excluding hydrogens is 242 g/mol. The van der Waals surface area contributed by atoms with Gasteiger partial charge in [0, 0.05) is 13.5 Å². The van der Waals surface area contributed by atoms with E-state index in [1.54, 1.807) is 13.0 Å². The summed E-state index contributed by atoms with van der Waals surface area (Å²) < 4.78 is 36.1. The molecule has 0 aromatic carbocycles. The maximum absolute atomic E-state index is 11.5. The predicted octanol–water partition coefficient (Wildman–Crippen LogP) is 1.47. The van der Waals surface area contributed by atoms with Crippen LogP contribution in [0.25, 0.3) is 0 Å². The van der Waals surface area contributed by atoms with Crippen LogP contribution in [0, 0.1) is 0 Å². The number of sulfonamides is 1. The summed E-state index contributed by atoms with van der Waals surface area (Å²) in [5, 5.41) is 0. The van der Waals surface area contributed by atoms with Gasteiger partial charge in [-0.25, -0.2) is 13.1 Å². The van der Waals surface area contributed by atoms with Crippen molar-refractivity contribution in [3.05, 3.63) is 23.7 Å². The third-order valence-corrected chi connectivity index (χ3v) is 3.81. The number of nitrogens with one attached hydrogen (secondary N) is 1. The van der Waals surface area contributed by atoms with Crippen LogP contribution < -0.4 is 4.72 Å². The van der Waals surface area contributed by atoms with Gasteiger partial charge >= 0.3 is 0 Å². The Morgan fingerprint density at radius 3 is 2.59 bits per heavy atom. The molecule has 0 fully saturated rings. The van der Waals surface area contributed by atoms with Crippen LogP contribution in [-0.2, 0) is 21.2 Å². The fraction of sp³-hybridized carbons (Fsp3) is 0.636. The molecular formula is C11H19NO4S. The molecule has 1 atom stereocenters. The van der Waals surface area contributed by atoms with Gasteiger partial charge in [0.25, 0.3) is 0 Å². The van der Waals surface area contributed by atoms with Crippen molar-refractivity contribution in [3.8, 4) is 0 Å². The van der Waals surface area contributed by atoms with E-state index in [-0.39, 0.29) is 12.4 Å². The molecule has 0 spiro atoms. The zero-order valence-electron chi connectivity index (χ0n) is 10.4. The summed E-state index contributed by atoms with van der Waals surface area (Å²) in [5.74, 6) is 1.45. The zero-order chi connectivity index (χ0) is 12.9. The smallest absolute Gasteiger partial charge is 0.212 e. The molecule has 1 heterocycles. The highest BCUT2D eigenvalue weighted by molar-refractivity contribution is 7.89. The van der Waals surface area contributed by atoms with Gasteiger partial charge in [-0.2, -0.15) is 0 Å². The molecule has 0 radical (unpaired) electrons. The largest absolute Gasteiger partial charge is 0.464 e. The normalized spacial score (nSPS) is 13.8. The molecule has 0 amide bonds. The molecule has 1 N–H and O–H groups in total. The van der Waals surface area contributed by atoms with Gasteiger partial charge in [-0.1, -0.05) is 6.92 Å². The Labute approximate surface area is 102 Å². The minimum absolute atomic E-state index is 0.0363. The Morgan fingerprint density at radius 1 is 1.41 bits per heavy atom. The topological polar surface area (TPSA) is 68.5 Å². The first-order valence-corrected chi connectivity index (χ1v) is 7.25. The molecule has 0 unspecified atom stereocenters. The van der Waals surface area contributed by atoms with E-state index in [1.165, 1.54) is 7.11 Å². The highest BCUT2D eigenvalue weighted by Gasteiger charge is 2.20. The summed E-state index contributed by atoms with van der Waals surface area (Å²) in [7, 11) is -1.75. The number of rotatable bonds is 7. The monoisotopic (exact) mass is 261 g/mol. The first-order valence-electron chi connectivity index (χ1n) is 5.60. The van der Waals surface area contributed by atoms with Gasteiger partial charge in [-0.05, 0) is 19.1 Å². The second-order valence-corrected chi connectivity index (χ2v) is 5.73. The number of hydrogen-bond acceptors (Lipinski definition) is 4. The van der Waals surface area contributed by atoms with Crippen molar-refractivity contribution in [1.29, 1.82) is 0 Å². The molecule has 17 heavy (non-hydrogen) atoms. The van der Waals surface area contributed by atoms with E-state index in [0.29, 0.717) is 5.76 Å². The highest BCUT2D eigenvalue weighted by atomic mass is 32.2. The molecule has 1 rings (SSSR count). The first kappa shape index (κ1) is 14.2. The van der Waals surface area contributed by atoms with Gasteiger partial charge in [-0.3, -0.25) is 0 Å². The molecule has 6 heteroatoms. The van der Waals surface area contributed by atoms with Crippen LogP contribution in [0.1, 0.15) is 31.4 Å². The third kappa shape index (κ3) is 4.14. The lowest BCUT2D eigenvalue weighted by atomic mass is 10.2. The lowest BCUT2D eigenvalue weighted by molar-refractivity contribution is 0.166. The number of hydrogen-bond donors (Lipinski definition) is 1. The summed E-state index contributed by atoms with van der Waals surface area (Å²) in [6.07, 6.45) is 0.778. The maximum atomic E-state index is 11.5. The van der Waals surface area contributed by atoms with Crippen LogP contribution in [0.5, 0.6) is 0 Å². The summed E-state index contributed by atoms with van der Waals surface area (Å²) in [6.45, 7) is 3.81. The lowest BCUT2D eigenvalue weighted by Gasteiger charge is -2.15. The molecule has 98 valence electrons. The molecule has 0 aliphatic heterocycles. The molecule has 1 aromatic heterocycles. The number of aryl methyl sites for hydroxylation is 1. The Morgan fingerprint density at radius 2 is 2.12 bits per heavy atom. The molecule has 0 saturated heterocycles. The van der Waals surface area contributed by atoms with E-state index in [2.05, 4.69) is 4.72 Å². The molecule has 0 bridgehead atoms. The summed E-state index contributed by atoms with van der Waals surface area (Å²) >= 11 is 0. The van der Waals surface area contributed by atoms with Gasteiger partial charge in [0.15, 0.2) is 0 Å². The summed E-state index contributed by atoms with van der Waals surface area (Å²) in [5.41, 5.74) is 0. The van der Waals surface area contributed by atoms with Crippen molar-refractivity contribution in [2.24, 2.45) is 0 Å². The van der Waals surface area contributed by atoms with Crippen LogP contribution >= 0.6 is 0 Å². The fourth-order valence-electron chi connectivity index (χ4n) is 1.41. The first-order chi connectivity index (χ1) is 8.02. The van der Waals surface area contributed by atoms with Crippen molar-refractivity contribution < 1.29 is 17.6 Å². The number of methoxy groups -OCH3 is 1. The Hall–Kier alpha value is -0.850. The maximum Gasteiger partial charge on any atom is 0.212 e. The summed E-state index contributed by atoms with van der Waals surface area (Å²) in [4.78, 5) is 0. The molecule has 0 saturated carbocycles. The van der Waals surface area contributed by atoms with Gasteiger partial charge in [0.1, 0.15) is 17.6 Å². The predicted molar refractivity (Wildman–Crippen MR) is 65.3 cm³/mol. The Balaban J connectivity index is 2.85. The molecule has 0 aliphatic carbocycles. The lowest BCUT2D eigenvalue weighted by Crippen LogP contribution is -2.32. The third-order valence-electron chi connectivity index (χ3n) is 2.41. The SMILES string of the molecule is CCc1ccc([C@H](COC)NS(=O)(=O)CC)o1. The van der Waals surface area contributed by atoms with E-state index >= 15 is 0 Å². The molecule has 5 nitrogen and oxygen atoms in total. The van der Waals surface area contributed by atoms with Crippen molar-refractivity contribution in [2.45, 2.75) is 26.3 Å². The Bertz CT molecular complexity index is 438. The van der Waals surface area contributed by atoms with E-state index in [4.69, 9.17) is 9.15 Å². The average molecular weight is 261 g/mol. The van der Waals surface area contributed by atoms with Crippen LogP contribution in [-0.4, -0.2) is 27.9 Å². The standard InChI is InChI=1S/C11H19NO4S/c1-4-9-6-7-11(16-9)10(8-15-3)12-17(13,14)5-2/h6-7,10,12H,4-5,8H2,1-3H3/t10-/m0/s1. The number of furan rings is 1. The fourth-order valence-corrected chi connectivity index (χ4v) is 2.20. The van der Waals surface area contributed by atoms with Gasteiger partial charge in [0.05, 0.1) is 12.4 Å². The second kappa shape index (κ2) is 6.18. The van der Waals surface area contributed by atoms with Crippen molar-refractivity contribution in [3.63, 3.8) is 0 Å². The minimum Gasteiger partial charge on any atom is -0.464 e. The van der Waals surface area contributed by atoms with Gasteiger partial charge < -0.3 is 9.15 Å². The van der Waals surface area contributed by atoms with Crippen LogP contribution in [0.2, 0.25) is 0 Å². The van der Waals surface area contributed by atoms with E-state index < -0.39 is 16.1 Å². The quantitative estimate of drug-likeness (QED) is 0.807. The summed E-state index contributed by atoms with van der Waals surface area (Å²) in [6, 6.07) is 3.16. The van der Waals surface area contributed by atoms with Crippen LogP contribution in [0.3, 0.4) is 0 Å². The van der Waals surface area contributed by atoms with Crippen LogP contribution in [0.15, 0.2) is 16.5 Å². The van der Waals surface area contributed by atoms with E-state index in [9.17, 15) is 8.42 Å². The average Bonchev–Trinajstić information content (AvgIpc) is 2.77. The van der Waals surface area contributed by atoms with E-state index in [0.717, 1.165) is 12.2 Å². The van der Waals surface area contributed by atoms with E-state index in [1.807, 2.05) is 13.0 Å². The van der Waals surface area contributed by atoms with Crippen molar-refractivity contribution in [1.82, 2.24) is 4.72 Å². The zero-order valence-corrected chi connectivity index (χ0v) is 11.2. The molecule has 1 aromatic rings. The van der Waals surface area contributed by atoms with Crippen molar-refractivity contribution in [2.75, 3.05) is 19.5 Å². The number of ether oxygens (including phenoxy) is 1. The highest BCUT2D eigenvalue weighted by Crippen LogP contribution is 2.18. The molecule has 0 aliphatic rings. The van der Waals surface area contributed by atoms with Crippen LogP contribution in [0.4, 0.5) is 0 Å². The van der Waals surface area contributed by atoms with Gasteiger partial charge in [0.2, 0.25) is 10.0 Å².